The molecule has 0 amide bonds. The van der Waals surface area contributed by atoms with E-state index in [4.69, 9.17) is 4.74 Å². The summed E-state index contributed by atoms with van der Waals surface area (Å²) in [6, 6.07) is 3.75. The van der Waals surface area contributed by atoms with E-state index >= 15 is 0 Å². The lowest BCUT2D eigenvalue weighted by Crippen LogP contribution is -2.39. The highest BCUT2D eigenvalue weighted by Gasteiger charge is 2.43. The van der Waals surface area contributed by atoms with Crippen LogP contribution in [0.5, 0.6) is 0 Å². The lowest BCUT2D eigenvalue weighted by Gasteiger charge is -2.35. The van der Waals surface area contributed by atoms with Crippen molar-refractivity contribution in [3.05, 3.63) is 41.4 Å². The zero-order valence-electron chi connectivity index (χ0n) is 14.8. The van der Waals surface area contributed by atoms with Crippen molar-refractivity contribution in [2.24, 2.45) is 10.9 Å². The van der Waals surface area contributed by atoms with Crippen LogP contribution < -0.4 is 0 Å². The molecule has 3 rings (SSSR count). The van der Waals surface area contributed by atoms with Crippen LogP contribution in [0.4, 0.5) is 0 Å². The van der Waals surface area contributed by atoms with Gasteiger partial charge in [-0.3, -0.25) is 14.8 Å². The molecular weight excluding hydrogens is 316 g/mol. The minimum Gasteiger partial charge on any atom is -0.462 e. The van der Waals surface area contributed by atoms with Crippen molar-refractivity contribution in [3.63, 3.8) is 0 Å². The molecule has 1 saturated carbocycles. The van der Waals surface area contributed by atoms with Crippen molar-refractivity contribution in [2.75, 3.05) is 6.61 Å². The van der Waals surface area contributed by atoms with Gasteiger partial charge in [-0.05, 0) is 43.9 Å². The molecule has 0 saturated heterocycles. The van der Waals surface area contributed by atoms with E-state index in [1.54, 1.807) is 12.4 Å². The zero-order chi connectivity index (χ0) is 17.8. The Labute approximate surface area is 148 Å². The molecule has 1 aliphatic heterocycles. The molecule has 0 N–H and O–H groups in total. The van der Waals surface area contributed by atoms with Gasteiger partial charge in [0.2, 0.25) is 0 Å². The third kappa shape index (κ3) is 3.55. The van der Waals surface area contributed by atoms with Gasteiger partial charge < -0.3 is 4.74 Å². The molecule has 1 aromatic heterocycles. The van der Waals surface area contributed by atoms with Gasteiger partial charge in [0.25, 0.3) is 0 Å². The molecule has 0 unspecified atom stereocenters. The molecule has 2 atom stereocenters. The number of fused-ring (bicyclic) bond motifs is 1. The fourth-order valence-electron chi connectivity index (χ4n) is 3.70. The standard InChI is InChI=1S/C20H24N2O3/c1-3-4-12-25-20(24)17-13(2)22-15-6-5-7-16(23)19(15)18(17)14-8-10-21-11-9-14/h8-11,18-19H,3-7,12H2,1-2H3/t18-,19-/m1/s1. The number of hydrogen-bond donors (Lipinski definition) is 0. The van der Waals surface area contributed by atoms with Crippen molar-refractivity contribution >= 4 is 17.5 Å². The summed E-state index contributed by atoms with van der Waals surface area (Å²) in [5, 5.41) is 0. The molecule has 132 valence electrons. The number of unbranched alkanes of at least 4 members (excludes halogenated alkanes) is 1. The van der Waals surface area contributed by atoms with Crippen LogP contribution in [0.25, 0.3) is 0 Å². The van der Waals surface area contributed by atoms with Crippen molar-refractivity contribution in [1.29, 1.82) is 0 Å². The highest BCUT2D eigenvalue weighted by atomic mass is 16.5. The topological polar surface area (TPSA) is 68.6 Å². The summed E-state index contributed by atoms with van der Waals surface area (Å²) < 4.78 is 5.47. The van der Waals surface area contributed by atoms with Gasteiger partial charge in [-0.25, -0.2) is 4.79 Å². The number of hydrogen-bond acceptors (Lipinski definition) is 5. The number of esters is 1. The van der Waals surface area contributed by atoms with E-state index < -0.39 is 0 Å². The summed E-state index contributed by atoms with van der Waals surface area (Å²) >= 11 is 0. The maximum Gasteiger partial charge on any atom is 0.336 e. The highest BCUT2D eigenvalue weighted by molar-refractivity contribution is 6.11. The van der Waals surface area contributed by atoms with Crippen LogP contribution in [0.15, 0.2) is 40.8 Å². The SMILES string of the molecule is CCCCOC(=O)C1=C(C)N=C2CCCC(=O)[C@@H]2[C@@H]1c1ccncc1. The summed E-state index contributed by atoms with van der Waals surface area (Å²) in [6.45, 7) is 4.28. The third-order valence-electron chi connectivity index (χ3n) is 4.92. The van der Waals surface area contributed by atoms with Crippen LogP contribution in [-0.4, -0.2) is 29.1 Å². The molecule has 2 aliphatic rings. The average Bonchev–Trinajstić information content (AvgIpc) is 2.61. The predicted octanol–water partition coefficient (Wildman–Crippen LogP) is 3.61. The van der Waals surface area contributed by atoms with E-state index in [2.05, 4.69) is 16.9 Å². The molecule has 5 nitrogen and oxygen atoms in total. The number of carbonyl (C=O) groups excluding carboxylic acids is 2. The number of ketones is 1. The fourth-order valence-corrected chi connectivity index (χ4v) is 3.70. The van der Waals surface area contributed by atoms with Crippen LogP contribution >= 0.6 is 0 Å². The monoisotopic (exact) mass is 340 g/mol. The van der Waals surface area contributed by atoms with Crippen LogP contribution in [0, 0.1) is 5.92 Å². The fraction of sp³-hybridized carbons (Fsp3) is 0.500. The van der Waals surface area contributed by atoms with E-state index in [1.807, 2.05) is 19.1 Å². The van der Waals surface area contributed by atoms with Gasteiger partial charge in [0.1, 0.15) is 5.78 Å². The predicted molar refractivity (Wildman–Crippen MR) is 95.3 cm³/mol. The lowest BCUT2D eigenvalue weighted by atomic mass is 9.69. The molecule has 2 heterocycles. The van der Waals surface area contributed by atoms with E-state index in [9.17, 15) is 9.59 Å². The summed E-state index contributed by atoms with van der Waals surface area (Å²) in [7, 11) is 0. The first-order chi connectivity index (χ1) is 12.1. The highest BCUT2D eigenvalue weighted by Crippen LogP contribution is 2.42. The van der Waals surface area contributed by atoms with E-state index in [1.165, 1.54) is 0 Å². The van der Waals surface area contributed by atoms with Crippen molar-refractivity contribution in [3.8, 4) is 0 Å². The Morgan fingerprint density at radius 1 is 1.24 bits per heavy atom. The number of ether oxygens (including phenoxy) is 1. The first-order valence-electron chi connectivity index (χ1n) is 9.01. The second kappa shape index (κ2) is 7.72. The first-order valence-corrected chi connectivity index (χ1v) is 9.01. The number of rotatable bonds is 5. The minimum atomic E-state index is -0.353. The Balaban J connectivity index is 2.02. The maximum atomic E-state index is 12.8. The smallest absolute Gasteiger partial charge is 0.336 e. The average molecular weight is 340 g/mol. The summed E-state index contributed by atoms with van der Waals surface area (Å²) in [4.78, 5) is 34.1. The summed E-state index contributed by atoms with van der Waals surface area (Å²) in [5.41, 5.74) is 3.01. The first kappa shape index (κ1) is 17.5. The van der Waals surface area contributed by atoms with Gasteiger partial charge in [-0.15, -0.1) is 0 Å². The molecule has 0 spiro atoms. The van der Waals surface area contributed by atoms with Crippen LogP contribution in [0.2, 0.25) is 0 Å². The Morgan fingerprint density at radius 3 is 2.72 bits per heavy atom. The van der Waals surface area contributed by atoms with Crippen LogP contribution in [0.1, 0.15) is 57.4 Å². The molecular formula is C20H24N2O3. The number of pyridine rings is 1. The van der Waals surface area contributed by atoms with Gasteiger partial charge >= 0.3 is 5.97 Å². The Hall–Kier alpha value is -2.30. The lowest BCUT2D eigenvalue weighted by molar-refractivity contribution is -0.139. The van der Waals surface area contributed by atoms with Crippen molar-refractivity contribution < 1.29 is 14.3 Å². The van der Waals surface area contributed by atoms with Gasteiger partial charge in [-0.1, -0.05) is 13.3 Å². The van der Waals surface area contributed by atoms with Crippen LogP contribution in [-0.2, 0) is 14.3 Å². The van der Waals surface area contributed by atoms with Gasteiger partial charge in [0, 0.05) is 36.1 Å². The Morgan fingerprint density at radius 2 is 2.00 bits per heavy atom. The maximum absolute atomic E-state index is 12.8. The second-order valence-corrected chi connectivity index (χ2v) is 6.65. The van der Waals surface area contributed by atoms with Crippen molar-refractivity contribution in [1.82, 2.24) is 4.98 Å². The molecule has 1 aromatic rings. The molecule has 0 aromatic carbocycles. The number of aliphatic imine (C=N–C) groups is 1. The summed E-state index contributed by atoms with van der Waals surface area (Å²) in [6.07, 6.45) is 7.38. The molecule has 25 heavy (non-hydrogen) atoms. The third-order valence-corrected chi connectivity index (χ3v) is 4.92. The zero-order valence-corrected chi connectivity index (χ0v) is 14.8. The molecule has 1 aliphatic carbocycles. The largest absolute Gasteiger partial charge is 0.462 e. The van der Waals surface area contributed by atoms with Crippen molar-refractivity contribution in [2.45, 2.75) is 51.9 Å². The molecule has 1 fully saturated rings. The Kier molecular flexibility index (Phi) is 5.41. The molecule has 0 radical (unpaired) electrons. The number of carbonyl (C=O) groups is 2. The minimum absolute atomic E-state index is 0.165. The van der Waals surface area contributed by atoms with Gasteiger partial charge in [0.05, 0.1) is 18.1 Å². The normalized spacial score (nSPS) is 23.1. The quantitative estimate of drug-likeness (QED) is 0.606. The van der Waals surface area contributed by atoms with E-state index in [0.29, 0.717) is 24.3 Å². The molecule has 5 heteroatoms. The van der Waals surface area contributed by atoms with Gasteiger partial charge in [0.15, 0.2) is 0 Å². The second-order valence-electron chi connectivity index (χ2n) is 6.65. The number of allylic oxidation sites excluding steroid dienone is 1. The van der Waals surface area contributed by atoms with E-state index in [0.717, 1.165) is 37.0 Å². The number of nitrogens with zero attached hydrogens (tertiary/aromatic N) is 2. The van der Waals surface area contributed by atoms with Gasteiger partial charge in [-0.2, -0.15) is 0 Å². The van der Waals surface area contributed by atoms with E-state index in [-0.39, 0.29) is 23.6 Å². The summed E-state index contributed by atoms with van der Waals surface area (Å²) in [5.74, 6) is -0.863. The number of Topliss-reactive ketones (excluding diaryl/α,β-unsaturated/α-hetero) is 1. The Bertz CT molecular complexity index is 722. The van der Waals surface area contributed by atoms with Crippen LogP contribution in [0.3, 0.4) is 0 Å². The molecule has 0 bridgehead atoms. The number of aromatic nitrogens is 1.